The standard InChI is InChI=1S/C20H30O6/c21-15-20(13-7-2-8-14-20)26-18(23)12-6-5-11-17(22)25-19(24)16-9-3-1-4-10-16/h15-16H,1-14H2. The van der Waals surface area contributed by atoms with Gasteiger partial charge in [-0.25, -0.2) is 0 Å². The van der Waals surface area contributed by atoms with Gasteiger partial charge >= 0.3 is 17.9 Å². The van der Waals surface area contributed by atoms with Gasteiger partial charge in [0.2, 0.25) is 0 Å². The second kappa shape index (κ2) is 10.4. The number of esters is 3. The first-order chi connectivity index (χ1) is 12.5. The van der Waals surface area contributed by atoms with E-state index in [0.29, 0.717) is 25.7 Å². The van der Waals surface area contributed by atoms with Crippen molar-refractivity contribution in [2.24, 2.45) is 5.92 Å². The molecule has 6 nitrogen and oxygen atoms in total. The molecule has 146 valence electrons. The first-order valence-electron chi connectivity index (χ1n) is 9.97. The number of carbonyl (C=O) groups is 4. The van der Waals surface area contributed by atoms with E-state index in [1.807, 2.05) is 0 Å². The Morgan fingerprint density at radius 2 is 1.42 bits per heavy atom. The lowest BCUT2D eigenvalue weighted by molar-refractivity contribution is -0.167. The SMILES string of the molecule is O=CC1(OC(=O)CCCCC(=O)OC(=O)C2CCCCC2)CCCCC1. The molecule has 0 bridgehead atoms. The molecule has 6 heteroatoms. The molecule has 0 radical (unpaired) electrons. The van der Waals surface area contributed by atoms with Crippen molar-refractivity contribution >= 4 is 24.2 Å². The Hall–Kier alpha value is -1.72. The van der Waals surface area contributed by atoms with Gasteiger partial charge in [0.05, 0.1) is 5.92 Å². The second-order valence-corrected chi connectivity index (χ2v) is 7.55. The summed E-state index contributed by atoms with van der Waals surface area (Å²) >= 11 is 0. The summed E-state index contributed by atoms with van der Waals surface area (Å²) in [5.74, 6) is -1.46. The minimum absolute atomic E-state index is 0.116. The molecule has 0 N–H and O–H groups in total. The summed E-state index contributed by atoms with van der Waals surface area (Å²) in [4.78, 5) is 46.9. The molecular weight excluding hydrogens is 336 g/mol. The van der Waals surface area contributed by atoms with Gasteiger partial charge in [-0.05, 0) is 51.4 Å². The highest BCUT2D eigenvalue weighted by atomic mass is 16.6. The fourth-order valence-electron chi connectivity index (χ4n) is 3.80. The minimum atomic E-state index is -0.944. The van der Waals surface area contributed by atoms with Crippen molar-refractivity contribution in [3.05, 3.63) is 0 Å². The molecule has 0 amide bonds. The van der Waals surface area contributed by atoms with E-state index in [0.717, 1.165) is 57.7 Å². The average molecular weight is 366 g/mol. The van der Waals surface area contributed by atoms with Gasteiger partial charge in [-0.15, -0.1) is 0 Å². The van der Waals surface area contributed by atoms with Crippen LogP contribution in [-0.2, 0) is 28.7 Å². The predicted octanol–water partition coefficient (Wildman–Crippen LogP) is 3.64. The van der Waals surface area contributed by atoms with Crippen LogP contribution >= 0.6 is 0 Å². The van der Waals surface area contributed by atoms with E-state index in [4.69, 9.17) is 9.47 Å². The van der Waals surface area contributed by atoms with E-state index in [9.17, 15) is 19.2 Å². The largest absolute Gasteiger partial charge is 0.451 e. The van der Waals surface area contributed by atoms with Crippen molar-refractivity contribution in [1.82, 2.24) is 0 Å². The van der Waals surface area contributed by atoms with Gasteiger partial charge in [0.15, 0.2) is 11.9 Å². The van der Waals surface area contributed by atoms with Gasteiger partial charge < -0.3 is 9.47 Å². The number of unbranched alkanes of at least 4 members (excludes halogenated alkanes) is 1. The fraction of sp³-hybridized carbons (Fsp3) is 0.800. The zero-order valence-corrected chi connectivity index (χ0v) is 15.5. The number of hydrogen-bond donors (Lipinski definition) is 0. The molecule has 26 heavy (non-hydrogen) atoms. The summed E-state index contributed by atoms with van der Waals surface area (Å²) < 4.78 is 10.3. The minimum Gasteiger partial charge on any atom is -0.451 e. The van der Waals surface area contributed by atoms with Gasteiger partial charge in [0.25, 0.3) is 0 Å². The molecule has 0 unspecified atom stereocenters. The van der Waals surface area contributed by atoms with Crippen LogP contribution in [0.5, 0.6) is 0 Å². The van der Waals surface area contributed by atoms with E-state index in [1.165, 1.54) is 0 Å². The van der Waals surface area contributed by atoms with Gasteiger partial charge in [-0.1, -0.05) is 25.7 Å². The highest BCUT2D eigenvalue weighted by molar-refractivity contribution is 5.86. The average Bonchev–Trinajstić information content (AvgIpc) is 2.66. The predicted molar refractivity (Wildman–Crippen MR) is 94.1 cm³/mol. The monoisotopic (exact) mass is 366 g/mol. The van der Waals surface area contributed by atoms with E-state index < -0.39 is 23.5 Å². The maximum atomic E-state index is 12.0. The summed E-state index contributed by atoms with van der Waals surface area (Å²) in [6.45, 7) is 0. The normalized spacial score (nSPS) is 20.2. The molecule has 0 aliphatic heterocycles. The molecule has 0 saturated heterocycles. The van der Waals surface area contributed by atoms with Crippen LogP contribution in [-0.4, -0.2) is 29.8 Å². The van der Waals surface area contributed by atoms with Crippen molar-refractivity contribution in [3.63, 3.8) is 0 Å². The van der Waals surface area contributed by atoms with Gasteiger partial charge in [-0.2, -0.15) is 0 Å². The van der Waals surface area contributed by atoms with Crippen molar-refractivity contribution in [1.29, 1.82) is 0 Å². The van der Waals surface area contributed by atoms with Crippen molar-refractivity contribution < 1.29 is 28.7 Å². The summed E-state index contributed by atoms with van der Waals surface area (Å²) in [6, 6.07) is 0. The van der Waals surface area contributed by atoms with Crippen LogP contribution in [0.25, 0.3) is 0 Å². The molecule has 0 aromatic rings. The smallest absolute Gasteiger partial charge is 0.316 e. The van der Waals surface area contributed by atoms with E-state index in [-0.39, 0.29) is 18.8 Å². The quantitative estimate of drug-likeness (QED) is 0.282. The molecule has 0 spiro atoms. The first kappa shape index (κ1) is 20.6. The summed E-state index contributed by atoms with van der Waals surface area (Å²) in [5.41, 5.74) is -0.944. The third-order valence-corrected chi connectivity index (χ3v) is 5.40. The summed E-state index contributed by atoms with van der Waals surface area (Å²) in [6.07, 6.45) is 10.8. The van der Waals surface area contributed by atoms with Crippen LogP contribution in [0.2, 0.25) is 0 Å². The Balaban J connectivity index is 1.60. The Kier molecular flexibility index (Phi) is 8.26. The van der Waals surface area contributed by atoms with Crippen molar-refractivity contribution in [3.8, 4) is 0 Å². The highest BCUT2D eigenvalue weighted by Gasteiger charge is 2.35. The lowest BCUT2D eigenvalue weighted by Gasteiger charge is -2.31. The van der Waals surface area contributed by atoms with Gasteiger partial charge in [0.1, 0.15) is 0 Å². The number of hydrogen-bond acceptors (Lipinski definition) is 6. The van der Waals surface area contributed by atoms with Crippen LogP contribution in [0.4, 0.5) is 0 Å². The number of rotatable bonds is 8. The maximum absolute atomic E-state index is 12.0. The molecule has 0 atom stereocenters. The van der Waals surface area contributed by atoms with Crippen molar-refractivity contribution in [2.75, 3.05) is 0 Å². The second-order valence-electron chi connectivity index (χ2n) is 7.55. The summed E-state index contributed by atoms with van der Waals surface area (Å²) in [5, 5.41) is 0. The Labute approximate surface area is 155 Å². The van der Waals surface area contributed by atoms with Crippen molar-refractivity contribution in [2.45, 2.75) is 95.5 Å². The van der Waals surface area contributed by atoms with E-state index >= 15 is 0 Å². The lowest BCUT2D eigenvalue weighted by atomic mass is 9.86. The Morgan fingerprint density at radius 3 is 2.04 bits per heavy atom. The number of carbonyl (C=O) groups excluding carboxylic acids is 4. The van der Waals surface area contributed by atoms with E-state index in [1.54, 1.807) is 0 Å². The molecule has 2 rings (SSSR count). The van der Waals surface area contributed by atoms with Crippen LogP contribution in [0.15, 0.2) is 0 Å². The topological polar surface area (TPSA) is 86.7 Å². The number of ether oxygens (including phenoxy) is 2. The zero-order chi connectivity index (χ0) is 18.8. The molecule has 2 aliphatic rings. The molecule has 2 saturated carbocycles. The Morgan fingerprint density at radius 1 is 0.846 bits per heavy atom. The highest BCUT2D eigenvalue weighted by Crippen LogP contribution is 2.30. The molecule has 0 aromatic heterocycles. The van der Waals surface area contributed by atoms with Gasteiger partial charge in [-0.3, -0.25) is 19.2 Å². The maximum Gasteiger partial charge on any atom is 0.316 e. The molecule has 2 aliphatic carbocycles. The van der Waals surface area contributed by atoms with Crippen LogP contribution < -0.4 is 0 Å². The molecular formula is C20H30O6. The van der Waals surface area contributed by atoms with Crippen LogP contribution in [0.3, 0.4) is 0 Å². The molecule has 0 aromatic carbocycles. The van der Waals surface area contributed by atoms with E-state index in [2.05, 4.69) is 0 Å². The van der Waals surface area contributed by atoms with Gasteiger partial charge in [0, 0.05) is 12.8 Å². The lowest BCUT2D eigenvalue weighted by Crippen LogP contribution is -2.38. The summed E-state index contributed by atoms with van der Waals surface area (Å²) in [7, 11) is 0. The van der Waals surface area contributed by atoms with Crippen LogP contribution in [0.1, 0.15) is 89.9 Å². The van der Waals surface area contributed by atoms with Crippen LogP contribution in [0, 0.1) is 5.92 Å². The molecule has 0 heterocycles. The third kappa shape index (κ3) is 6.54. The molecule has 2 fully saturated rings. The zero-order valence-electron chi connectivity index (χ0n) is 15.5. The Bertz CT molecular complexity index is 500. The third-order valence-electron chi connectivity index (χ3n) is 5.40. The fourth-order valence-corrected chi connectivity index (χ4v) is 3.80. The number of aldehydes is 1. The first-order valence-corrected chi connectivity index (χ1v) is 9.97.